The summed E-state index contributed by atoms with van der Waals surface area (Å²) in [5, 5.41) is 0. The average Bonchev–Trinajstić information content (AvgIpc) is 3.52. The highest BCUT2D eigenvalue weighted by molar-refractivity contribution is 5.91. The Morgan fingerprint density at radius 2 is 0.694 bits per heavy atom. The molecule has 1 nitrogen and oxygen atoms in total. The van der Waals surface area contributed by atoms with Crippen molar-refractivity contribution in [2.45, 2.75) is 38.5 Å². The Bertz CT molecular complexity index is 2240. The molecule has 9 rings (SSSR count). The van der Waals surface area contributed by atoms with Gasteiger partial charge in [0.2, 0.25) is 0 Å². The summed E-state index contributed by atoms with van der Waals surface area (Å²) in [5.41, 5.74) is 19.3. The van der Waals surface area contributed by atoms with Gasteiger partial charge in [-0.3, -0.25) is 0 Å². The maximum atomic E-state index is 2.40. The van der Waals surface area contributed by atoms with Crippen molar-refractivity contribution in [2.24, 2.45) is 0 Å². The summed E-state index contributed by atoms with van der Waals surface area (Å²) in [6, 6.07) is 60.4. The molecular weight excluding hydrogens is 591 g/mol. The summed E-state index contributed by atoms with van der Waals surface area (Å²) in [6.07, 6.45) is 0. The molecule has 7 aromatic rings. The van der Waals surface area contributed by atoms with Gasteiger partial charge in [-0.25, -0.2) is 0 Å². The Morgan fingerprint density at radius 3 is 1.18 bits per heavy atom. The topological polar surface area (TPSA) is 3.24 Å². The number of hydrogen-bond donors (Lipinski definition) is 0. The molecule has 0 radical (unpaired) electrons. The fourth-order valence-corrected chi connectivity index (χ4v) is 8.83. The van der Waals surface area contributed by atoms with E-state index in [4.69, 9.17) is 0 Å². The van der Waals surface area contributed by atoms with Crippen LogP contribution in [0.15, 0.2) is 164 Å². The van der Waals surface area contributed by atoms with Gasteiger partial charge in [0.05, 0.1) is 0 Å². The van der Waals surface area contributed by atoms with Crippen LogP contribution in [-0.4, -0.2) is 0 Å². The van der Waals surface area contributed by atoms with Gasteiger partial charge in [0, 0.05) is 27.9 Å². The molecule has 2 aliphatic carbocycles. The van der Waals surface area contributed by atoms with Crippen LogP contribution in [0.3, 0.4) is 0 Å². The van der Waals surface area contributed by atoms with Crippen molar-refractivity contribution in [3.63, 3.8) is 0 Å². The smallest absolute Gasteiger partial charge is 0.0467 e. The molecule has 0 unspecified atom stereocenters. The van der Waals surface area contributed by atoms with Crippen LogP contribution in [-0.2, 0) is 10.8 Å². The van der Waals surface area contributed by atoms with E-state index in [2.05, 4.69) is 196 Å². The van der Waals surface area contributed by atoms with Gasteiger partial charge in [0.25, 0.3) is 0 Å². The van der Waals surface area contributed by atoms with Gasteiger partial charge in [-0.05, 0) is 103 Å². The van der Waals surface area contributed by atoms with Crippen LogP contribution in [0, 0.1) is 0 Å². The van der Waals surface area contributed by atoms with Gasteiger partial charge in [0.15, 0.2) is 0 Å². The van der Waals surface area contributed by atoms with E-state index in [1.165, 1.54) is 66.8 Å². The first-order chi connectivity index (χ1) is 23.8. The number of para-hydroxylation sites is 1. The van der Waals surface area contributed by atoms with Gasteiger partial charge in [-0.15, -0.1) is 0 Å². The molecule has 0 fully saturated rings. The van der Waals surface area contributed by atoms with E-state index in [0.717, 1.165) is 17.1 Å². The molecule has 0 heterocycles. The molecule has 0 N–H and O–H groups in total. The minimum atomic E-state index is -0.0879. The van der Waals surface area contributed by atoms with Gasteiger partial charge in [-0.2, -0.15) is 0 Å². The van der Waals surface area contributed by atoms with Crippen LogP contribution in [0.2, 0.25) is 0 Å². The Labute approximate surface area is 290 Å². The zero-order valence-electron chi connectivity index (χ0n) is 28.5. The zero-order valence-corrected chi connectivity index (χ0v) is 28.5. The molecule has 0 atom stereocenters. The van der Waals surface area contributed by atoms with E-state index in [0.29, 0.717) is 0 Å². The van der Waals surface area contributed by atoms with Gasteiger partial charge < -0.3 is 4.90 Å². The van der Waals surface area contributed by atoms with E-state index in [1.807, 2.05) is 0 Å². The Balaban J connectivity index is 1.19. The van der Waals surface area contributed by atoms with Crippen molar-refractivity contribution in [3.05, 3.63) is 186 Å². The molecule has 0 amide bonds. The molecule has 49 heavy (non-hydrogen) atoms. The molecule has 0 aromatic heterocycles. The summed E-state index contributed by atoms with van der Waals surface area (Å²) in [4.78, 5) is 2.40. The number of benzene rings is 7. The number of nitrogens with zero attached hydrogens (tertiary/aromatic N) is 1. The second kappa shape index (κ2) is 10.9. The second-order valence-electron chi connectivity index (χ2n) is 14.6. The van der Waals surface area contributed by atoms with Crippen LogP contribution in [0.25, 0.3) is 44.5 Å². The molecule has 2 aliphatic rings. The van der Waals surface area contributed by atoms with Crippen molar-refractivity contribution in [2.75, 3.05) is 4.90 Å². The van der Waals surface area contributed by atoms with Crippen molar-refractivity contribution < 1.29 is 0 Å². The third kappa shape index (κ3) is 4.46. The predicted octanol–water partition coefficient (Wildman–Crippen LogP) is 13.1. The summed E-state index contributed by atoms with van der Waals surface area (Å²) in [6.45, 7) is 9.47. The summed E-state index contributed by atoms with van der Waals surface area (Å²) >= 11 is 0. The maximum Gasteiger partial charge on any atom is 0.0467 e. The fraction of sp³-hybridized carbons (Fsp3) is 0.125. The predicted molar refractivity (Wildman–Crippen MR) is 207 cm³/mol. The average molecular weight is 630 g/mol. The van der Waals surface area contributed by atoms with Gasteiger partial charge in [-0.1, -0.05) is 155 Å². The molecule has 0 aliphatic heterocycles. The standard InChI is InChI=1S/C48H39N/c1-47(2)43-28-10-8-22-39(43)41-26-14-24-37(45(41)47)32-16-12-20-35(30-32)49(34-18-6-5-7-19-34)36-21-13-17-33(31-36)38-25-15-27-42-40-23-9-11-29-44(40)48(3,4)46(38)42/h5-31H,1-4H3. The van der Waals surface area contributed by atoms with E-state index < -0.39 is 0 Å². The number of rotatable bonds is 5. The van der Waals surface area contributed by atoms with E-state index in [9.17, 15) is 0 Å². The zero-order chi connectivity index (χ0) is 33.3. The van der Waals surface area contributed by atoms with Gasteiger partial charge >= 0.3 is 0 Å². The minimum absolute atomic E-state index is 0.0879. The molecule has 0 saturated carbocycles. The third-order valence-corrected chi connectivity index (χ3v) is 11.0. The van der Waals surface area contributed by atoms with Crippen LogP contribution in [0.5, 0.6) is 0 Å². The summed E-state index contributed by atoms with van der Waals surface area (Å²) < 4.78 is 0. The molecule has 7 aromatic carbocycles. The maximum absolute atomic E-state index is 2.40. The van der Waals surface area contributed by atoms with Crippen LogP contribution in [0.4, 0.5) is 17.1 Å². The molecular formula is C48H39N. The van der Waals surface area contributed by atoms with E-state index >= 15 is 0 Å². The first-order valence-electron chi connectivity index (χ1n) is 17.4. The number of anilines is 3. The number of fused-ring (bicyclic) bond motifs is 6. The highest BCUT2D eigenvalue weighted by Gasteiger charge is 2.38. The number of hydrogen-bond acceptors (Lipinski definition) is 1. The van der Waals surface area contributed by atoms with Crippen molar-refractivity contribution in [3.8, 4) is 44.5 Å². The Morgan fingerprint density at radius 1 is 0.327 bits per heavy atom. The van der Waals surface area contributed by atoms with Crippen LogP contribution >= 0.6 is 0 Å². The highest BCUT2D eigenvalue weighted by atomic mass is 15.1. The molecule has 236 valence electrons. The van der Waals surface area contributed by atoms with Crippen molar-refractivity contribution in [1.82, 2.24) is 0 Å². The molecule has 0 bridgehead atoms. The second-order valence-corrected chi connectivity index (χ2v) is 14.6. The lowest BCUT2D eigenvalue weighted by atomic mass is 9.79. The Hall–Kier alpha value is -5.66. The SMILES string of the molecule is CC1(C)c2ccccc2-c2cccc(-c3cccc(N(c4ccccc4)c4cccc(-c5cccc6c5C(C)(C)c5ccccc5-6)c4)c3)c21. The van der Waals surface area contributed by atoms with E-state index in [-0.39, 0.29) is 10.8 Å². The van der Waals surface area contributed by atoms with Crippen LogP contribution < -0.4 is 4.90 Å². The third-order valence-electron chi connectivity index (χ3n) is 11.0. The summed E-state index contributed by atoms with van der Waals surface area (Å²) in [5.74, 6) is 0. The molecule has 0 spiro atoms. The van der Waals surface area contributed by atoms with Crippen molar-refractivity contribution in [1.29, 1.82) is 0 Å². The van der Waals surface area contributed by atoms with Crippen LogP contribution in [0.1, 0.15) is 49.9 Å². The first kappa shape index (κ1) is 29.5. The van der Waals surface area contributed by atoms with Gasteiger partial charge in [0.1, 0.15) is 0 Å². The highest BCUT2D eigenvalue weighted by Crippen LogP contribution is 2.54. The first-order valence-corrected chi connectivity index (χ1v) is 17.4. The minimum Gasteiger partial charge on any atom is -0.310 e. The lowest BCUT2D eigenvalue weighted by Crippen LogP contribution is -2.16. The monoisotopic (exact) mass is 629 g/mol. The molecule has 1 heteroatoms. The fourth-order valence-electron chi connectivity index (χ4n) is 8.83. The normalized spacial score (nSPS) is 14.4. The largest absolute Gasteiger partial charge is 0.310 e. The Kier molecular flexibility index (Phi) is 6.58. The quantitative estimate of drug-likeness (QED) is 0.183. The van der Waals surface area contributed by atoms with E-state index in [1.54, 1.807) is 0 Å². The molecule has 0 saturated heterocycles. The lowest BCUT2D eigenvalue weighted by molar-refractivity contribution is 0.662. The van der Waals surface area contributed by atoms with Crippen molar-refractivity contribution >= 4 is 17.1 Å². The lowest BCUT2D eigenvalue weighted by Gasteiger charge is -2.28. The summed E-state index contributed by atoms with van der Waals surface area (Å²) in [7, 11) is 0.